The Morgan fingerprint density at radius 2 is 1.90 bits per heavy atom. The number of nitroso groups, excluding NO2 is 1. The molecule has 0 N–H and O–H groups in total. The number of esters is 1. The third-order valence-electron chi connectivity index (χ3n) is 2.78. The highest BCUT2D eigenvalue weighted by molar-refractivity contribution is 7.98. The number of hydrogen-bond donors (Lipinski definition) is 0. The minimum Gasteiger partial charge on any atom is -0.425 e. The molecule has 4 nitrogen and oxygen atoms in total. The fraction of sp³-hybridized carbons (Fsp3) is 0.188. The molecule has 0 atom stereocenters. The third kappa shape index (κ3) is 4.43. The highest BCUT2D eigenvalue weighted by Gasteiger charge is 2.13. The number of ether oxygens (including phenoxy) is 1. The molecule has 0 aliphatic rings. The third-order valence-corrected chi connectivity index (χ3v) is 3.89. The molecule has 5 heteroatoms. The van der Waals surface area contributed by atoms with Crippen LogP contribution in [0, 0.1) is 4.91 Å². The Hall–Kier alpha value is -2.14. The van der Waals surface area contributed by atoms with E-state index in [0.717, 1.165) is 10.6 Å². The maximum Gasteiger partial charge on any atom is 0.308 e. The number of carbonyl (C=O) groups excluding carboxylic acids is 1. The molecule has 0 aliphatic carbocycles. The highest BCUT2D eigenvalue weighted by atomic mass is 32.2. The molecule has 0 unspecified atom stereocenters. The van der Waals surface area contributed by atoms with E-state index in [0.29, 0.717) is 11.3 Å². The normalized spacial score (nSPS) is 10.1. The molecule has 2 aromatic carbocycles. The van der Waals surface area contributed by atoms with Crippen LogP contribution >= 0.6 is 11.8 Å². The van der Waals surface area contributed by atoms with E-state index in [1.165, 1.54) is 12.5 Å². The molecule has 2 aromatic rings. The van der Waals surface area contributed by atoms with Gasteiger partial charge in [-0.2, -0.15) is 4.91 Å². The second-order valence-electron chi connectivity index (χ2n) is 4.40. The van der Waals surface area contributed by atoms with Gasteiger partial charge in [0.05, 0.1) is 4.90 Å². The van der Waals surface area contributed by atoms with Crippen molar-refractivity contribution in [3.63, 3.8) is 0 Å². The number of nitrogens with zero attached hydrogens (tertiary/aromatic N) is 1. The first-order valence-electron chi connectivity index (χ1n) is 6.47. The molecule has 0 saturated heterocycles. The van der Waals surface area contributed by atoms with Crippen LogP contribution in [0.2, 0.25) is 0 Å². The highest BCUT2D eigenvalue weighted by Crippen LogP contribution is 2.35. The number of para-hydroxylation sites is 1. The summed E-state index contributed by atoms with van der Waals surface area (Å²) in [4.78, 5) is 22.6. The molecule has 0 bridgehead atoms. The molecule has 0 saturated carbocycles. The number of carbonyl (C=O) groups is 1. The van der Waals surface area contributed by atoms with E-state index >= 15 is 0 Å². The molecular weight excluding hydrogens is 286 g/mol. The Kier molecular flexibility index (Phi) is 5.51. The summed E-state index contributed by atoms with van der Waals surface area (Å²) in [6, 6.07) is 15.5. The van der Waals surface area contributed by atoms with E-state index in [1.807, 2.05) is 42.5 Å². The molecule has 0 fully saturated rings. The first-order valence-corrected chi connectivity index (χ1v) is 7.45. The van der Waals surface area contributed by atoms with E-state index in [2.05, 4.69) is 5.18 Å². The SMILES string of the molecule is CC(=O)Oc1c(CN=O)cccc1SCc1ccccc1. The zero-order valence-electron chi connectivity index (χ0n) is 11.6. The summed E-state index contributed by atoms with van der Waals surface area (Å²) in [6.45, 7) is 1.33. The molecular formula is C16H15NO3S. The Morgan fingerprint density at radius 3 is 2.57 bits per heavy atom. The first-order chi connectivity index (χ1) is 10.2. The molecule has 2 rings (SSSR count). The van der Waals surface area contributed by atoms with Gasteiger partial charge in [0.25, 0.3) is 0 Å². The van der Waals surface area contributed by atoms with Gasteiger partial charge >= 0.3 is 5.97 Å². The second-order valence-corrected chi connectivity index (χ2v) is 5.42. The maximum absolute atomic E-state index is 11.3. The summed E-state index contributed by atoms with van der Waals surface area (Å²) in [5.74, 6) is 0.785. The molecule has 21 heavy (non-hydrogen) atoms. The van der Waals surface area contributed by atoms with Crippen molar-refractivity contribution < 1.29 is 9.53 Å². The Morgan fingerprint density at radius 1 is 1.14 bits per heavy atom. The summed E-state index contributed by atoms with van der Waals surface area (Å²) < 4.78 is 5.26. The van der Waals surface area contributed by atoms with Crippen molar-refractivity contribution >= 4 is 17.7 Å². The molecule has 0 heterocycles. The summed E-state index contributed by atoms with van der Waals surface area (Å²) in [5, 5.41) is 2.88. The molecule has 0 aromatic heterocycles. The average molecular weight is 301 g/mol. The van der Waals surface area contributed by atoms with Gasteiger partial charge in [-0.05, 0) is 11.6 Å². The van der Waals surface area contributed by atoms with Crippen LogP contribution < -0.4 is 4.74 Å². The number of rotatable bonds is 6. The fourth-order valence-electron chi connectivity index (χ4n) is 1.86. The van der Waals surface area contributed by atoms with Crippen LogP contribution in [0.3, 0.4) is 0 Å². The van der Waals surface area contributed by atoms with E-state index < -0.39 is 5.97 Å². The van der Waals surface area contributed by atoms with Gasteiger partial charge in [0.2, 0.25) is 0 Å². The topological polar surface area (TPSA) is 55.7 Å². The lowest BCUT2D eigenvalue weighted by molar-refractivity contribution is -0.132. The number of hydrogen-bond acceptors (Lipinski definition) is 5. The van der Waals surface area contributed by atoms with Crippen molar-refractivity contribution in [1.82, 2.24) is 0 Å². The van der Waals surface area contributed by atoms with Crippen LogP contribution in [0.4, 0.5) is 0 Å². The number of thioether (sulfide) groups is 1. The minimum absolute atomic E-state index is 0.0116. The Bertz CT molecular complexity index is 629. The largest absolute Gasteiger partial charge is 0.425 e. The summed E-state index contributed by atoms with van der Waals surface area (Å²) in [5.41, 5.74) is 1.80. The van der Waals surface area contributed by atoms with Crippen LogP contribution in [-0.4, -0.2) is 5.97 Å². The van der Waals surface area contributed by atoms with E-state index in [-0.39, 0.29) is 6.54 Å². The van der Waals surface area contributed by atoms with Crippen LogP contribution in [0.1, 0.15) is 18.1 Å². The van der Waals surface area contributed by atoms with Crippen LogP contribution in [0.15, 0.2) is 58.6 Å². The van der Waals surface area contributed by atoms with Crippen molar-refractivity contribution in [1.29, 1.82) is 0 Å². The van der Waals surface area contributed by atoms with Crippen molar-refractivity contribution in [3.8, 4) is 5.75 Å². The lowest BCUT2D eigenvalue weighted by Crippen LogP contribution is -2.05. The van der Waals surface area contributed by atoms with Crippen LogP contribution in [0.25, 0.3) is 0 Å². The average Bonchev–Trinajstić information content (AvgIpc) is 2.48. The Labute approximate surface area is 127 Å². The molecule has 0 amide bonds. The van der Waals surface area contributed by atoms with Crippen LogP contribution in [0.5, 0.6) is 5.75 Å². The van der Waals surface area contributed by atoms with E-state index in [1.54, 1.807) is 17.8 Å². The van der Waals surface area contributed by atoms with Gasteiger partial charge in [-0.15, -0.1) is 11.8 Å². The lowest BCUT2D eigenvalue weighted by Gasteiger charge is -2.12. The predicted octanol–water partition coefficient (Wildman–Crippen LogP) is 4.17. The van der Waals surface area contributed by atoms with E-state index in [9.17, 15) is 9.70 Å². The van der Waals surface area contributed by atoms with Crippen LogP contribution in [-0.2, 0) is 17.1 Å². The van der Waals surface area contributed by atoms with Crippen molar-refractivity contribution in [2.45, 2.75) is 24.1 Å². The minimum atomic E-state index is -0.407. The first kappa shape index (κ1) is 15.3. The van der Waals surface area contributed by atoms with Crippen molar-refractivity contribution in [2.75, 3.05) is 0 Å². The Balaban J connectivity index is 2.22. The fourth-order valence-corrected chi connectivity index (χ4v) is 2.86. The molecule has 108 valence electrons. The molecule has 0 aliphatic heterocycles. The van der Waals surface area contributed by atoms with Gasteiger partial charge in [0, 0.05) is 18.2 Å². The van der Waals surface area contributed by atoms with Gasteiger partial charge in [-0.3, -0.25) is 4.79 Å². The van der Waals surface area contributed by atoms with Gasteiger partial charge in [0.1, 0.15) is 12.3 Å². The van der Waals surface area contributed by atoms with Crippen molar-refractivity contribution in [3.05, 3.63) is 64.6 Å². The number of benzene rings is 2. The van der Waals surface area contributed by atoms with Crippen molar-refractivity contribution in [2.24, 2.45) is 5.18 Å². The maximum atomic E-state index is 11.3. The molecule has 0 radical (unpaired) electrons. The summed E-state index contributed by atoms with van der Waals surface area (Å²) >= 11 is 1.56. The van der Waals surface area contributed by atoms with E-state index in [4.69, 9.17) is 4.74 Å². The summed E-state index contributed by atoms with van der Waals surface area (Å²) in [6.07, 6.45) is 0. The van der Waals surface area contributed by atoms with Gasteiger partial charge < -0.3 is 4.74 Å². The monoisotopic (exact) mass is 301 g/mol. The lowest BCUT2D eigenvalue weighted by atomic mass is 10.2. The zero-order chi connectivity index (χ0) is 15.1. The van der Waals surface area contributed by atoms with Gasteiger partial charge in [0.15, 0.2) is 0 Å². The van der Waals surface area contributed by atoms with Gasteiger partial charge in [-0.1, -0.05) is 47.6 Å². The standard InChI is InChI=1S/C16H15NO3S/c1-12(18)20-16-14(10-17-19)8-5-9-15(16)21-11-13-6-3-2-4-7-13/h2-9H,10-11H2,1H3. The smallest absolute Gasteiger partial charge is 0.308 e. The second kappa shape index (κ2) is 7.59. The predicted molar refractivity (Wildman–Crippen MR) is 83.3 cm³/mol. The zero-order valence-corrected chi connectivity index (χ0v) is 12.4. The summed E-state index contributed by atoms with van der Waals surface area (Å²) in [7, 11) is 0. The quantitative estimate of drug-likeness (QED) is 0.348. The van der Waals surface area contributed by atoms with Gasteiger partial charge in [-0.25, -0.2) is 0 Å². The molecule has 0 spiro atoms.